The molecule has 0 spiro atoms. The molecule has 9 rings (SSSR count). The summed E-state index contributed by atoms with van der Waals surface area (Å²) in [6.45, 7) is 0. The Morgan fingerprint density at radius 2 is 0.750 bits per heavy atom. The van der Waals surface area contributed by atoms with Crippen LogP contribution in [0.25, 0.3) is 90.9 Å². The van der Waals surface area contributed by atoms with Gasteiger partial charge in [-0.1, -0.05) is 121 Å². The van der Waals surface area contributed by atoms with E-state index < -0.39 is 0 Å². The molecule has 4 nitrogen and oxygen atoms in total. The van der Waals surface area contributed by atoms with Gasteiger partial charge in [-0.2, -0.15) is 0 Å². The smallest absolute Gasteiger partial charge is 0.0737 e. The van der Waals surface area contributed by atoms with Crippen molar-refractivity contribution in [2.24, 2.45) is 0 Å². The van der Waals surface area contributed by atoms with E-state index >= 15 is 0 Å². The predicted molar refractivity (Wildman–Crippen MR) is 201 cm³/mol. The Labute approximate surface area is 278 Å². The van der Waals surface area contributed by atoms with Gasteiger partial charge >= 0.3 is 0 Å². The van der Waals surface area contributed by atoms with Gasteiger partial charge in [0.25, 0.3) is 0 Å². The second-order valence-electron chi connectivity index (χ2n) is 12.0. The Morgan fingerprint density at radius 3 is 1.27 bits per heavy atom. The molecule has 0 amide bonds. The van der Waals surface area contributed by atoms with Gasteiger partial charge in [-0.05, 0) is 70.8 Å². The van der Waals surface area contributed by atoms with Gasteiger partial charge in [0.2, 0.25) is 0 Å². The highest BCUT2D eigenvalue weighted by Gasteiger charge is 2.17. The lowest BCUT2D eigenvalue weighted by Gasteiger charge is -2.05. The van der Waals surface area contributed by atoms with E-state index in [2.05, 4.69) is 174 Å². The van der Waals surface area contributed by atoms with Crippen LogP contribution in [0.4, 0.5) is 0 Å². The van der Waals surface area contributed by atoms with Crippen molar-refractivity contribution in [3.63, 3.8) is 0 Å². The maximum absolute atomic E-state index is 5.37. The van der Waals surface area contributed by atoms with E-state index in [1.165, 1.54) is 0 Å². The zero-order chi connectivity index (χ0) is 31.9. The molecule has 8 bridgehead atoms. The van der Waals surface area contributed by atoms with Crippen LogP contribution in [-0.4, -0.2) is 19.9 Å². The first-order valence-electron chi connectivity index (χ1n) is 16.2. The number of H-pyrrole nitrogens is 2. The quantitative estimate of drug-likeness (QED) is 0.207. The van der Waals surface area contributed by atoms with Gasteiger partial charge in [0.15, 0.2) is 0 Å². The summed E-state index contributed by atoms with van der Waals surface area (Å²) in [5, 5.41) is 0. The number of nitrogens with zero attached hydrogens (tertiary/aromatic N) is 2. The van der Waals surface area contributed by atoms with Crippen molar-refractivity contribution in [3.8, 4) is 44.5 Å². The lowest BCUT2D eigenvalue weighted by molar-refractivity contribution is 1.31. The third kappa shape index (κ3) is 4.97. The topological polar surface area (TPSA) is 57.4 Å². The SMILES string of the molecule is C1=Cc2nc1cc1[nH]c(cc1-c1ccccc1)c(-c1ccccc1)c1nc(c(-c3ccccc3)c3ccc([nH]3)c2-c2ccccc2)C=C1. The van der Waals surface area contributed by atoms with Crippen LogP contribution in [0.5, 0.6) is 0 Å². The van der Waals surface area contributed by atoms with Gasteiger partial charge in [-0.3, -0.25) is 0 Å². The van der Waals surface area contributed by atoms with Crippen molar-refractivity contribution in [2.75, 3.05) is 0 Å². The average Bonchev–Trinajstić information content (AvgIpc) is 3.97. The molecule has 2 N–H and O–H groups in total. The number of aromatic nitrogens is 4. The zero-order valence-corrected chi connectivity index (χ0v) is 26.1. The number of hydrogen-bond acceptors (Lipinski definition) is 2. The summed E-state index contributed by atoms with van der Waals surface area (Å²) < 4.78 is 0. The van der Waals surface area contributed by atoms with Crippen molar-refractivity contribution < 1.29 is 0 Å². The first-order valence-corrected chi connectivity index (χ1v) is 16.2. The first-order chi connectivity index (χ1) is 23.8. The maximum atomic E-state index is 5.37. The largest absolute Gasteiger partial charge is 0.354 e. The highest BCUT2D eigenvalue weighted by Crippen LogP contribution is 2.37. The Bertz CT molecular complexity index is 2520. The van der Waals surface area contributed by atoms with E-state index in [9.17, 15) is 0 Å². The van der Waals surface area contributed by atoms with Crippen LogP contribution in [0.1, 0.15) is 22.8 Å². The second kappa shape index (κ2) is 11.7. The molecule has 0 unspecified atom stereocenters. The van der Waals surface area contributed by atoms with Crippen LogP contribution in [0.3, 0.4) is 0 Å². The van der Waals surface area contributed by atoms with Crippen molar-refractivity contribution in [3.05, 3.63) is 168 Å². The summed E-state index contributed by atoms with van der Waals surface area (Å²) >= 11 is 0. The summed E-state index contributed by atoms with van der Waals surface area (Å²) in [7, 11) is 0. The highest BCUT2D eigenvalue weighted by molar-refractivity contribution is 5.99. The fourth-order valence-corrected chi connectivity index (χ4v) is 6.79. The predicted octanol–water partition coefficient (Wildman–Crippen LogP) is 11.3. The van der Waals surface area contributed by atoms with E-state index in [0.717, 1.165) is 89.4 Å². The minimum Gasteiger partial charge on any atom is -0.354 e. The molecule has 4 aromatic carbocycles. The molecule has 2 aliphatic rings. The van der Waals surface area contributed by atoms with Gasteiger partial charge < -0.3 is 9.97 Å². The van der Waals surface area contributed by atoms with Gasteiger partial charge in [0, 0.05) is 44.3 Å². The Morgan fingerprint density at radius 1 is 0.333 bits per heavy atom. The molecule has 0 atom stereocenters. The number of aromatic amines is 2. The summed E-state index contributed by atoms with van der Waals surface area (Å²) in [5.41, 5.74) is 16.2. The Kier molecular flexibility index (Phi) is 6.76. The number of nitrogens with one attached hydrogen (secondary N) is 2. The minimum absolute atomic E-state index is 0.884. The molecule has 0 aliphatic carbocycles. The van der Waals surface area contributed by atoms with Gasteiger partial charge in [-0.15, -0.1) is 0 Å². The lowest BCUT2D eigenvalue weighted by atomic mass is 10.0. The van der Waals surface area contributed by atoms with Crippen LogP contribution in [-0.2, 0) is 0 Å². The standard InChI is InChI=1S/C44H30N4/c1-5-13-29(14-6-1)34-28-41-44(32-19-11-4-12-20-32)39-26-25-38(47-39)43(31-17-9-3-10-18-31)37-24-23-36(46-37)42(30-15-7-2-8-16-30)35-22-21-33(45-35)27-40(34)48-41/h1-28,46,48H. The molecule has 5 heterocycles. The maximum Gasteiger partial charge on any atom is 0.0737 e. The highest BCUT2D eigenvalue weighted by atomic mass is 14.8. The minimum atomic E-state index is 0.884. The Hall–Kier alpha value is -6.52. The molecular weight excluding hydrogens is 585 g/mol. The van der Waals surface area contributed by atoms with Crippen LogP contribution in [0.2, 0.25) is 0 Å². The third-order valence-corrected chi connectivity index (χ3v) is 8.98. The van der Waals surface area contributed by atoms with E-state index in [1.54, 1.807) is 0 Å². The Balaban J connectivity index is 1.47. The zero-order valence-electron chi connectivity index (χ0n) is 26.1. The molecule has 0 saturated heterocycles. The fourth-order valence-electron chi connectivity index (χ4n) is 6.79. The molecule has 2 aliphatic heterocycles. The average molecular weight is 615 g/mol. The number of benzene rings is 4. The monoisotopic (exact) mass is 614 g/mol. The molecule has 48 heavy (non-hydrogen) atoms. The van der Waals surface area contributed by atoms with Crippen molar-refractivity contribution in [1.29, 1.82) is 0 Å². The molecule has 0 fully saturated rings. The van der Waals surface area contributed by atoms with Gasteiger partial charge in [-0.25, -0.2) is 9.97 Å². The molecule has 0 radical (unpaired) electrons. The van der Waals surface area contributed by atoms with Crippen LogP contribution in [0, 0.1) is 0 Å². The normalized spacial score (nSPS) is 12.0. The van der Waals surface area contributed by atoms with Crippen LogP contribution in [0.15, 0.2) is 146 Å². The molecule has 0 saturated carbocycles. The van der Waals surface area contributed by atoms with E-state index in [4.69, 9.17) is 9.97 Å². The van der Waals surface area contributed by atoms with E-state index in [1.807, 2.05) is 6.07 Å². The third-order valence-electron chi connectivity index (χ3n) is 8.98. The number of hydrogen-bond donors (Lipinski definition) is 2. The molecule has 7 aromatic rings. The molecule has 4 heteroatoms. The van der Waals surface area contributed by atoms with E-state index in [-0.39, 0.29) is 0 Å². The van der Waals surface area contributed by atoms with Crippen LogP contribution < -0.4 is 0 Å². The molecule has 3 aromatic heterocycles. The van der Waals surface area contributed by atoms with Gasteiger partial charge in [0.1, 0.15) is 0 Å². The van der Waals surface area contributed by atoms with E-state index in [0.29, 0.717) is 0 Å². The molecular formula is C44H30N4. The summed E-state index contributed by atoms with van der Waals surface area (Å²) in [4.78, 5) is 18.2. The molecule has 226 valence electrons. The van der Waals surface area contributed by atoms with Crippen molar-refractivity contribution in [2.45, 2.75) is 0 Å². The summed E-state index contributed by atoms with van der Waals surface area (Å²) in [6, 6.07) is 50.8. The lowest BCUT2D eigenvalue weighted by Crippen LogP contribution is -1.88. The second-order valence-corrected chi connectivity index (χ2v) is 12.0. The number of fused-ring (bicyclic) bond motifs is 8. The van der Waals surface area contributed by atoms with Crippen LogP contribution >= 0.6 is 0 Å². The fraction of sp³-hybridized carbons (Fsp3) is 0. The summed E-state index contributed by atoms with van der Waals surface area (Å²) in [5.74, 6) is 0. The van der Waals surface area contributed by atoms with Crippen molar-refractivity contribution >= 4 is 46.4 Å². The van der Waals surface area contributed by atoms with Crippen molar-refractivity contribution in [1.82, 2.24) is 19.9 Å². The van der Waals surface area contributed by atoms with Gasteiger partial charge in [0.05, 0.1) is 22.8 Å². The first kappa shape index (κ1) is 27.8. The number of rotatable bonds is 4. The summed E-state index contributed by atoms with van der Waals surface area (Å²) in [6.07, 6.45) is 8.50.